The van der Waals surface area contributed by atoms with Gasteiger partial charge in [-0.3, -0.25) is 14.3 Å². The number of nitrogens with zero attached hydrogens (tertiary/aromatic N) is 3. The minimum Gasteiger partial charge on any atom is -0.491 e. The van der Waals surface area contributed by atoms with E-state index in [-0.39, 0.29) is 24.8 Å². The second kappa shape index (κ2) is 10.9. The molecule has 0 saturated heterocycles. The van der Waals surface area contributed by atoms with E-state index in [1.165, 1.54) is 11.5 Å². The summed E-state index contributed by atoms with van der Waals surface area (Å²) in [4.78, 5) is 44.6. The molecule has 9 nitrogen and oxygen atoms in total. The molecule has 184 valence electrons. The monoisotopic (exact) mass is 478 g/mol. The molecule has 0 aliphatic carbocycles. The maximum absolute atomic E-state index is 13.3. The summed E-state index contributed by atoms with van der Waals surface area (Å²) in [5.41, 5.74) is 1.80. The molecule has 9 heteroatoms. The van der Waals surface area contributed by atoms with Crippen LogP contribution in [-0.2, 0) is 17.9 Å². The summed E-state index contributed by atoms with van der Waals surface area (Å²) >= 11 is 0. The fraction of sp³-hybridized carbons (Fsp3) is 0.308. The van der Waals surface area contributed by atoms with Crippen LogP contribution in [0.25, 0.3) is 6.08 Å². The van der Waals surface area contributed by atoms with Crippen molar-refractivity contribution in [1.82, 2.24) is 14.1 Å². The Morgan fingerprint density at radius 1 is 1.14 bits per heavy atom. The molecule has 2 N–H and O–H groups in total. The number of aliphatic carboxylic acids is 1. The predicted octanol–water partition coefficient (Wildman–Crippen LogP) is 3.08. The van der Waals surface area contributed by atoms with Crippen molar-refractivity contribution in [2.45, 2.75) is 46.9 Å². The molecule has 2 aromatic carbocycles. The van der Waals surface area contributed by atoms with Crippen molar-refractivity contribution in [3.63, 3.8) is 0 Å². The van der Waals surface area contributed by atoms with Gasteiger partial charge in [0, 0.05) is 6.54 Å². The Morgan fingerprint density at radius 2 is 1.83 bits per heavy atom. The molecule has 0 spiro atoms. The maximum atomic E-state index is 13.3. The van der Waals surface area contributed by atoms with Crippen LogP contribution < -0.4 is 21.7 Å². The highest BCUT2D eigenvalue weighted by atomic mass is 16.5. The largest absolute Gasteiger partial charge is 0.491 e. The van der Waals surface area contributed by atoms with Gasteiger partial charge >= 0.3 is 17.3 Å². The van der Waals surface area contributed by atoms with E-state index in [9.17, 15) is 19.5 Å². The number of aromatic nitrogens is 3. The first kappa shape index (κ1) is 25.5. The Kier molecular flexibility index (Phi) is 7.91. The number of benzene rings is 2. The summed E-state index contributed by atoms with van der Waals surface area (Å²) in [7, 11) is 0. The lowest BCUT2D eigenvalue weighted by Crippen LogP contribution is -2.51. The Bertz CT molecular complexity index is 1410. The zero-order valence-corrected chi connectivity index (χ0v) is 20.3. The molecule has 0 saturated carbocycles. The molecular formula is C26H30N4O5. The number of carbonyl (C=O) groups is 1. The first-order valence-electron chi connectivity index (χ1n) is 11.3. The smallest absolute Gasteiger partial charge is 0.335 e. The lowest BCUT2D eigenvalue weighted by molar-refractivity contribution is -0.141. The van der Waals surface area contributed by atoms with Gasteiger partial charge in [0.1, 0.15) is 5.75 Å². The van der Waals surface area contributed by atoms with E-state index in [1.807, 2.05) is 45.0 Å². The van der Waals surface area contributed by atoms with Gasteiger partial charge in [-0.2, -0.15) is 0 Å². The Labute approximate surface area is 202 Å². The molecule has 35 heavy (non-hydrogen) atoms. The summed E-state index contributed by atoms with van der Waals surface area (Å²) in [5, 5.41) is 9.26. The van der Waals surface area contributed by atoms with Gasteiger partial charge in [0.2, 0.25) is 5.62 Å². The van der Waals surface area contributed by atoms with Crippen LogP contribution in [-0.4, -0.2) is 31.3 Å². The number of carboxylic acids is 1. The molecule has 1 heterocycles. The number of aryl methyl sites for hydroxylation is 1. The van der Waals surface area contributed by atoms with Crippen molar-refractivity contribution in [1.29, 1.82) is 0 Å². The van der Waals surface area contributed by atoms with E-state index in [1.54, 1.807) is 24.3 Å². The molecule has 0 radical (unpaired) electrons. The van der Waals surface area contributed by atoms with Crippen molar-refractivity contribution in [2.24, 2.45) is 10.9 Å². The molecule has 3 aromatic rings. The number of carboxylic acid groups (broad SMARTS) is 1. The van der Waals surface area contributed by atoms with Crippen LogP contribution in [0.2, 0.25) is 0 Å². The van der Waals surface area contributed by atoms with E-state index in [0.717, 1.165) is 27.0 Å². The van der Waals surface area contributed by atoms with Crippen molar-refractivity contribution in [3.05, 3.63) is 92.3 Å². The van der Waals surface area contributed by atoms with Crippen molar-refractivity contribution < 1.29 is 14.6 Å². The first-order valence-corrected chi connectivity index (χ1v) is 11.3. The van der Waals surface area contributed by atoms with Crippen LogP contribution in [0.3, 0.4) is 0 Å². The van der Waals surface area contributed by atoms with Crippen molar-refractivity contribution in [3.8, 4) is 5.75 Å². The van der Waals surface area contributed by atoms with Gasteiger partial charge in [0.25, 0.3) is 0 Å². The number of rotatable bonds is 9. The van der Waals surface area contributed by atoms with Crippen LogP contribution >= 0.6 is 0 Å². The predicted molar refractivity (Wildman–Crippen MR) is 134 cm³/mol. The average Bonchev–Trinajstić information content (AvgIpc) is 2.81. The lowest BCUT2D eigenvalue weighted by Gasteiger charge is -2.14. The molecule has 0 aliphatic rings. The molecule has 3 rings (SSSR count). The highest BCUT2D eigenvalue weighted by Crippen LogP contribution is 2.24. The van der Waals surface area contributed by atoms with Crippen LogP contribution in [0.1, 0.15) is 37.5 Å². The third-order valence-electron chi connectivity index (χ3n) is 5.37. The zero-order valence-electron chi connectivity index (χ0n) is 20.3. The summed E-state index contributed by atoms with van der Waals surface area (Å²) in [6.45, 7) is 10.8. The third kappa shape index (κ3) is 6.26. The third-order valence-corrected chi connectivity index (χ3v) is 5.37. The minimum atomic E-state index is -1.10. The van der Waals surface area contributed by atoms with Gasteiger partial charge in [-0.1, -0.05) is 43.8 Å². The summed E-state index contributed by atoms with van der Waals surface area (Å²) in [5.74, 6) is -1.30. The highest BCUT2D eigenvalue weighted by Gasteiger charge is 2.17. The molecule has 0 amide bonds. The van der Waals surface area contributed by atoms with Gasteiger partial charge < -0.3 is 9.84 Å². The number of nitrogens with one attached hydrogen (secondary N) is 1. The number of hydrogen-bond donors (Lipinski definition) is 2. The first-order chi connectivity index (χ1) is 16.6. The number of aromatic amines is 1. The van der Waals surface area contributed by atoms with Gasteiger partial charge in [-0.25, -0.2) is 19.1 Å². The van der Waals surface area contributed by atoms with Crippen LogP contribution in [0.5, 0.6) is 5.75 Å². The van der Waals surface area contributed by atoms with Gasteiger partial charge in [-0.05, 0) is 55.7 Å². The van der Waals surface area contributed by atoms with Crippen LogP contribution in [0, 0.1) is 12.8 Å². The molecular weight excluding hydrogens is 448 g/mol. The summed E-state index contributed by atoms with van der Waals surface area (Å²) in [6, 6.07) is 12.8. The highest BCUT2D eigenvalue weighted by molar-refractivity contribution is 5.69. The van der Waals surface area contributed by atoms with Crippen molar-refractivity contribution >= 4 is 17.7 Å². The molecule has 1 atom stereocenters. The lowest BCUT2D eigenvalue weighted by atomic mass is 10.1. The number of ether oxygens (including phenoxy) is 1. The second-order valence-electron chi connectivity index (χ2n) is 8.65. The van der Waals surface area contributed by atoms with E-state index in [2.05, 4.69) is 16.6 Å². The minimum absolute atomic E-state index is 0.0169. The molecule has 0 bridgehead atoms. The standard InChI is InChI=1S/C26H30N4O5/c1-6-19-7-9-20(10-8-19)15-29-24(27-21-11-12-22(17(4)13-21)35-16(2)3)28-25(33)30(26(29)34)14-18(5)23(31)32/h6-13,16,18H,1,14-15H2,2-5H3,(H,31,32)(H,27,28,33). The molecule has 1 aromatic heterocycles. The fourth-order valence-corrected chi connectivity index (χ4v) is 3.45. The summed E-state index contributed by atoms with van der Waals surface area (Å²) in [6.07, 6.45) is 1.73. The summed E-state index contributed by atoms with van der Waals surface area (Å²) < 4.78 is 7.98. The molecule has 0 fully saturated rings. The van der Waals surface area contributed by atoms with E-state index < -0.39 is 23.3 Å². The van der Waals surface area contributed by atoms with E-state index in [4.69, 9.17) is 4.74 Å². The number of hydrogen-bond acceptors (Lipinski definition) is 5. The van der Waals surface area contributed by atoms with Crippen LogP contribution in [0.4, 0.5) is 5.69 Å². The van der Waals surface area contributed by atoms with Gasteiger partial charge in [0.15, 0.2) is 0 Å². The zero-order chi connectivity index (χ0) is 25.7. The van der Waals surface area contributed by atoms with Crippen LogP contribution in [0.15, 0.2) is 63.6 Å². The normalized spacial score (nSPS) is 12.5. The van der Waals surface area contributed by atoms with E-state index in [0.29, 0.717) is 5.69 Å². The Hall–Kier alpha value is -4.14. The van der Waals surface area contributed by atoms with E-state index >= 15 is 0 Å². The second-order valence-corrected chi connectivity index (χ2v) is 8.65. The average molecular weight is 479 g/mol. The topological polar surface area (TPSA) is 119 Å². The SMILES string of the molecule is C=Cc1ccc(Cn2c(=Nc3ccc(OC(C)C)c(C)c3)[nH]c(=O)n(CC(C)C(=O)O)c2=O)cc1. The molecule has 0 aliphatic heterocycles. The number of H-pyrrole nitrogens is 1. The quantitative estimate of drug-likeness (QED) is 0.490. The van der Waals surface area contributed by atoms with Gasteiger partial charge in [-0.15, -0.1) is 0 Å². The fourth-order valence-electron chi connectivity index (χ4n) is 3.45. The maximum Gasteiger partial charge on any atom is 0.335 e. The van der Waals surface area contributed by atoms with Gasteiger partial charge in [0.05, 0.1) is 24.3 Å². The van der Waals surface area contributed by atoms with Crippen molar-refractivity contribution in [2.75, 3.05) is 0 Å². The molecule has 1 unspecified atom stereocenters. The Morgan fingerprint density at radius 3 is 2.40 bits per heavy atom. The Balaban J connectivity index is 2.16.